The van der Waals surface area contributed by atoms with Crippen LogP contribution in [0, 0.1) is 5.92 Å². The Kier molecular flexibility index (Phi) is 5.83. The van der Waals surface area contributed by atoms with Gasteiger partial charge >= 0.3 is 0 Å². The molecule has 2 aliphatic heterocycles. The van der Waals surface area contributed by atoms with E-state index >= 15 is 0 Å². The number of anilines is 1. The molecule has 0 N–H and O–H groups in total. The first-order valence-electron chi connectivity index (χ1n) is 11.6. The SMILES string of the molecule is CC(C)Cn1cc(/C=C2\C(=O)N(C)c3ccc(S(=O)(=O)N4CCOCC4)cc32)c2ccccc21. The third kappa shape index (κ3) is 3.85. The standard InChI is InChI=1S/C26H29N3O4S/c1-18(2)16-28-17-19(21-6-4-5-7-25(21)28)14-23-22-15-20(8-9-24(22)27(3)26(23)30)34(31,32)29-10-12-33-13-11-29/h4-9,14-15,17-18H,10-13,16H2,1-3H3/b23-14-. The van der Waals surface area contributed by atoms with Crippen molar-refractivity contribution in [3.63, 3.8) is 0 Å². The molecule has 1 fully saturated rings. The van der Waals surface area contributed by atoms with Gasteiger partial charge in [0.05, 0.1) is 23.8 Å². The molecule has 7 nitrogen and oxygen atoms in total. The van der Waals surface area contributed by atoms with Crippen LogP contribution in [0.5, 0.6) is 0 Å². The molecule has 2 aromatic carbocycles. The number of benzene rings is 2. The maximum Gasteiger partial charge on any atom is 0.258 e. The van der Waals surface area contributed by atoms with Crippen LogP contribution in [-0.2, 0) is 26.1 Å². The highest BCUT2D eigenvalue weighted by Crippen LogP contribution is 2.39. The third-order valence-electron chi connectivity index (χ3n) is 6.44. The average molecular weight is 480 g/mol. The summed E-state index contributed by atoms with van der Waals surface area (Å²) >= 11 is 0. The van der Waals surface area contributed by atoms with Gasteiger partial charge in [-0.2, -0.15) is 4.31 Å². The van der Waals surface area contributed by atoms with Gasteiger partial charge in [-0.3, -0.25) is 4.79 Å². The van der Waals surface area contributed by atoms with Crippen LogP contribution in [0.25, 0.3) is 22.6 Å². The lowest BCUT2D eigenvalue weighted by Crippen LogP contribution is -2.40. The Morgan fingerprint density at radius 3 is 2.56 bits per heavy atom. The lowest BCUT2D eigenvalue weighted by Gasteiger charge is -2.26. The van der Waals surface area contributed by atoms with E-state index in [1.54, 1.807) is 30.1 Å². The number of hydrogen-bond donors (Lipinski definition) is 0. The Morgan fingerprint density at radius 2 is 1.82 bits per heavy atom. The van der Waals surface area contributed by atoms with Gasteiger partial charge in [-0.05, 0) is 36.3 Å². The topological polar surface area (TPSA) is 71.9 Å². The maximum atomic E-state index is 13.2. The van der Waals surface area contributed by atoms with Crippen molar-refractivity contribution in [3.05, 3.63) is 59.8 Å². The molecular weight excluding hydrogens is 450 g/mol. The first-order valence-corrected chi connectivity index (χ1v) is 13.0. The predicted molar refractivity (Wildman–Crippen MR) is 134 cm³/mol. The minimum Gasteiger partial charge on any atom is -0.379 e. The van der Waals surface area contributed by atoms with Crippen LogP contribution in [0.15, 0.2) is 53.6 Å². The van der Waals surface area contributed by atoms with Gasteiger partial charge in [0.25, 0.3) is 5.91 Å². The molecule has 1 amide bonds. The summed E-state index contributed by atoms with van der Waals surface area (Å²) in [7, 11) is -1.94. The van der Waals surface area contributed by atoms with Crippen LogP contribution in [0.2, 0.25) is 0 Å². The van der Waals surface area contributed by atoms with Crippen LogP contribution in [0.1, 0.15) is 25.0 Å². The van der Waals surface area contributed by atoms with Crippen LogP contribution in [-0.4, -0.2) is 56.5 Å². The Labute approximate surface area is 200 Å². The molecule has 0 unspecified atom stereocenters. The van der Waals surface area contributed by atoms with Crippen molar-refractivity contribution < 1.29 is 17.9 Å². The fourth-order valence-electron chi connectivity index (χ4n) is 4.75. The minimum absolute atomic E-state index is 0.142. The molecule has 34 heavy (non-hydrogen) atoms. The Bertz CT molecular complexity index is 1400. The normalized spacial score (nSPS) is 18.4. The predicted octanol–water partition coefficient (Wildman–Crippen LogP) is 3.84. The highest BCUT2D eigenvalue weighted by molar-refractivity contribution is 7.89. The minimum atomic E-state index is -3.67. The highest BCUT2D eigenvalue weighted by Gasteiger charge is 2.33. The zero-order valence-corrected chi connectivity index (χ0v) is 20.5. The van der Waals surface area contributed by atoms with Gasteiger partial charge in [-0.1, -0.05) is 32.0 Å². The number of rotatable bonds is 5. The van der Waals surface area contributed by atoms with Crippen LogP contribution in [0.4, 0.5) is 5.69 Å². The van der Waals surface area contributed by atoms with E-state index in [0.717, 1.165) is 23.0 Å². The number of morpholine rings is 1. The third-order valence-corrected chi connectivity index (χ3v) is 8.34. The second-order valence-electron chi connectivity index (χ2n) is 9.27. The van der Waals surface area contributed by atoms with Gasteiger partial charge in [0.1, 0.15) is 0 Å². The number of para-hydroxylation sites is 1. The van der Waals surface area contributed by atoms with Crippen molar-refractivity contribution in [3.8, 4) is 0 Å². The molecule has 178 valence electrons. The van der Waals surface area contributed by atoms with Gasteiger partial charge in [-0.25, -0.2) is 8.42 Å². The average Bonchev–Trinajstić information content (AvgIpc) is 3.29. The van der Waals surface area contributed by atoms with Crippen molar-refractivity contribution in [2.45, 2.75) is 25.3 Å². The number of hydrogen-bond acceptors (Lipinski definition) is 4. The lowest BCUT2D eigenvalue weighted by molar-refractivity contribution is -0.112. The van der Waals surface area contributed by atoms with Crippen molar-refractivity contribution >= 4 is 44.2 Å². The van der Waals surface area contributed by atoms with E-state index in [1.807, 2.05) is 18.2 Å². The number of carbonyl (C=O) groups excluding carboxylic acids is 1. The van der Waals surface area contributed by atoms with E-state index in [2.05, 4.69) is 36.7 Å². The molecule has 0 bridgehead atoms. The number of sulfonamides is 1. The second-order valence-corrected chi connectivity index (χ2v) is 11.2. The molecule has 0 aliphatic carbocycles. The Hall–Kier alpha value is -2.94. The fraction of sp³-hybridized carbons (Fsp3) is 0.346. The molecule has 2 aliphatic rings. The van der Waals surface area contributed by atoms with E-state index in [0.29, 0.717) is 49.0 Å². The number of nitrogens with zero attached hydrogens (tertiary/aromatic N) is 3. The molecule has 3 aromatic rings. The van der Waals surface area contributed by atoms with Crippen LogP contribution < -0.4 is 4.90 Å². The zero-order valence-electron chi connectivity index (χ0n) is 19.7. The summed E-state index contributed by atoms with van der Waals surface area (Å²) in [5, 5.41) is 1.07. The van der Waals surface area contributed by atoms with Gasteiger partial charge < -0.3 is 14.2 Å². The molecule has 0 spiro atoms. The van der Waals surface area contributed by atoms with E-state index in [1.165, 1.54) is 4.31 Å². The molecule has 5 rings (SSSR count). The number of carbonyl (C=O) groups is 1. The molecule has 1 aromatic heterocycles. The van der Waals surface area contributed by atoms with Crippen molar-refractivity contribution in [1.29, 1.82) is 0 Å². The molecule has 0 radical (unpaired) electrons. The van der Waals surface area contributed by atoms with Crippen molar-refractivity contribution in [1.82, 2.24) is 8.87 Å². The monoisotopic (exact) mass is 479 g/mol. The largest absolute Gasteiger partial charge is 0.379 e. The van der Waals surface area contributed by atoms with Gasteiger partial charge in [0.15, 0.2) is 0 Å². The van der Waals surface area contributed by atoms with Crippen LogP contribution >= 0.6 is 0 Å². The summed E-state index contributed by atoms with van der Waals surface area (Å²) in [5.74, 6) is 0.334. The maximum absolute atomic E-state index is 13.2. The van der Waals surface area contributed by atoms with Crippen molar-refractivity contribution in [2.75, 3.05) is 38.3 Å². The number of fused-ring (bicyclic) bond motifs is 2. The Morgan fingerprint density at radius 1 is 1.09 bits per heavy atom. The van der Waals surface area contributed by atoms with Crippen LogP contribution in [0.3, 0.4) is 0 Å². The number of amides is 1. The van der Waals surface area contributed by atoms with Crippen molar-refractivity contribution in [2.24, 2.45) is 5.92 Å². The number of aromatic nitrogens is 1. The molecule has 1 saturated heterocycles. The summed E-state index contributed by atoms with van der Waals surface area (Å²) in [6, 6.07) is 13.1. The lowest BCUT2D eigenvalue weighted by atomic mass is 10.0. The van der Waals surface area contributed by atoms with E-state index in [-0.39, 0.29) is 10.8 Å². The summed E-state index contributed by atoms with van der Waals surface area (Å²) in [6.07, 6.45) is 3.98. The number of likely N-dealkylation sites (N-methyl/N-ethyl adjacent to an activating group) is 1. The molecule has 3 heterocycles. The van der Waals surface area contributed by atoms with E-state index in [9.17, 15) is 13.2 Å². The first kappa shape index (κ1) is 22.8. The van der Waals surface area contributed by atoms with Gasteiger partial charge in [-0.15, -0.1) is 0 Å². The second kappa shape index (κ2) is 8.69. The molecule has 0 atom stereocenters. The van der Waals surface area contributed by atoms with Gasteiger partial charge in [0, 0.05) is 60.5 Å². The molecule has 8 heteroatoms. The first-order chi connectivity index (χ1) is 16.3. The zero-order chi connectivity index (χ0) is 24.0. The summed E-state index contributed by atoms with van der Waals surface area (Å²) in [5.41, 5.74) is 3.92. The Balaban J connectivity index is 1.61. The summed E-state index contributed by atoms with van der Waals surface area (Å²) in [6.45, 7) is 6.65. The smallest absolute Gasteiger partial charge is 0.258 e. The molecular formula is C26H29N3O4S. The van der Waals surface area contributed by atoms with Gasteiger partial charge in [0.2, 0.25) is 10.0 Å². The summed E-state index contributed by atoms with van der Waals surface area (Å²) in [4.78, 5) is 15.0. The van der Waals surface area contributed by atoms with E-state index in [4.69, 9.17) is 4.74 Å². The summed E-state index contributed by atoms with van der Waals surface area (Å²) < 4.78 is 35.5. The molecule has 0 saturated carbocycles. The highest BCUT2D eigenvalue weighted by atomic mass is 32.2. The number of ether oxygens (including phenoxy) is 1. The van der Waals surface area contributed by atoms with E-state index < -0.39 is 10.0 Å². The quantitative estimate of drug-likeness (QED) is 0.522. The fourth-order valence-corrected chi connectivity index (χ4v) is 6.19.